The Morgan fingerprint density at radius 3 is 2.28 bits per heavy atom. The van der Waals surface area contributed by atoms with Gasteiger partial charge in [0.2, 0.25) is 11.8 Å². The van der Waals surface area contributed by atoms with E-state index in [1.54, 1.807) is 54.8 Å². The molecule has 0 bridgehead atoms. The van der Waals surface area contributed by atoms with Crippen molar-refractivity contribution in [2.45, 2.75) is 122 Å². The maximum atomic E-state index is 14.1. The van der Waals surface area contributed by atoms with Gasteiger partial charge in [0.1, 0.15) is 29.6 Å². The third-order valence-corrected chi connectivity index (χ3v) is 18.2. The number of likely N-dealkylation sites (tertiary alicyclic amines) is 1. The van der Waals surface area contributed by atoms with Gasteiger partial charge in [0, 0.05) is 91.4 Å². The van der Waals surface area contributed by atoms with Gasteiger partial charge >= 0.3 is 7.82 Å². The summed E-state index contributed by atoms with van der Waals surface area (Å²) in [5.74, 6) is -1.67. The Labute approximate surface area is 455 Å². The first-order chi connectivity index (χ1) is 37.4. The Kier molecular flexibility index (Phi) is 14.5. The molecule has 5 aliphatic heterocycles. The number of aryl methyl sites for hydroxylation is 1. The lowest BCUT2D eigenvalue weighted by atomic mass is 9.91. The number of aliphatic hydroxyl groups is 1. The second-order valence-electron chi connectivity index (χ2n) is 21.1. The fraction of sp³-hybridized carbons (Fsp3) is 0.455. The summed E-state index contributed by atoms with van der Waals surface area (Å²) in [6.07, 6.45) is 9.20. The summed E-state index contributed by atoms with van der Waals surface area (Å²) in [5.41, 5.74) is 7.17. The van der Waals surface area contributed by atoms with Crippen molar-refractivity contribution in [1.82, 2.24) is 29.7 Å². The number of benzene rings is 1. The summed E-state index contributed by atoms with van der Waals surface area (Å²) in [6.45, 7) is 10.9. The van der Waals surface area contributed by atoms with Crippen molar-refractivity contribution in [2.24, 2.45) is 0 Å². The van der Waals surface area contributed by atoms with Gasteiger partial charge in [0.25, 0.3) is 23.6 Å². The molecule has 0 radical (unpaired) electrons. The zero-order valence-electron chi connectivity index (χ0n) is 44.1. The van der Waals surface area contributed by atoms with Crippen LogP contribution in [0.4, 0.5) is 28.7 Å². The first kappa shape index (κ1) is 53.4. The fourth-order valence-corrected chi connectivity index (χ4v) is 14.5. The number of ether oxygens (including phenoxy) is 1. The zero-order chi connectivity index (χ0) is 54.9. The number of phosphoric ester groups is 1. The van der Waals surface area contributed by atoms with Crippen molar-refractivity contribution >= 4 is 77.4 Å². The number of nitrogens with one attached hydrogen (secondary N) is 1. The van der Waals surface area contributed by atoms with Crippen LogP contribution in [-0.4, -0.2) is 144 Å². The molecule has 11 rings (SSSR count). The molecule has 1 aromatic carbocycles. The first-order valence-corrected chi connectivity index (χ1v) is 29.0. The maximum absolute atomic E-state index is 14.1. The molecule has 3 saturated heterocycles. The van der Waals surface area contributed by atoms with E-state index in [0.717, 1.165) is 92.7 Å². The lowest BCUT2D eigenvalue weighted by Crippen LogP contribution is -2.58. The molecule has 4 aromatic heterocycles. The molecule has 21 nitrogen and oxygen atoms in total. The average Bonchev–Trinajstić information content (AvgIpc) is 4.15. The van der Waals surface area contributed by atoms with Crippen LogP contribution in [0.15, 0.2) is 61.1 Å². The Hall–Kier alpha value is -6.65. The lowest BCUT2D eigenvalue weighted by molar-refractivity contribution is -0.161. The highest BCUT2D eigenvalue weighted by atomic mass is 32.1. The van der Waals surface area contributed by atoms with Crippen molar-refractivity contribution < 1.29 is 52.7 Å². The van der Waals surface area contributed by atoms with Crippen LogP contribution in [0.5, 0.6) is 5.88 Å². The number of fused-ring (bicyclic) bond motifs is 4. The molecule has 0 saturated carbocycles. The molecule has 4 N–H and O–H groups in total. The number of nitrogens with zero attached hydrogens (tertiary/aromatic N) is 9. The normalized spacial score (nSPS) is 22.9. The van der Waals surface area contributed by atoms with E-state index in [-0.39, 0.29) is 42.0 Å². The molecule has 6 aliphatic rings. The smallest absolute Gasteiger partial charge is 0.471 e. The molecular weight excluding hydrogens is 1040 g/mol. The predicted octanol–water partition coefficient (Wildman–Crippen LogP) is 6.62. The van der Waals surface area contributed by atoms with Gasteiger partial charge in [0.15, 0.2) is 0 Å². The molecule has 3 fully saturated rings. The van der Waals surface area contributed by atoms with Crippen molar-refractivity contribution in [3.8, 4) is 17.0 Å². The van der Waals surface area contributed by atoms with Gasteiger partial charge in [-0.1, -0.05) is 0 Å². The lowest BCUT2D eigenvalue weighted by Gasteiger charge is -2.48. The van der Waals surface area contributed by atoms with Crippen LogP contribution in [0.3, 0.4) is 0 Å². The van der Waals surface area contributed by atoms with E-state index in [1.165, 1.54) is 16.0 Å². The largest absolute Gasteiger partial charge is 0.480 e. The number of amides is 5. The van der Waals surface area contributed by atoms with Crippen molar-refractivity contribution in [3.05, 3.63) is 98.6 Å². The maximum Gasteiger partial charge on any atom is 0.471 e. The number of aromatic nitrogens is 3. The minimum Gasteiger partial charge on any atom is -0.480 e. The second kappa shape index (κ2) is 21.2. The molecule has 3 unspecified atom stereocenters. The van der Waals surface area contributed by atoms with E-state index in [2.05, 4.69) is 49.4 Å². The van der Waals surface area contributed by atoms with E-state index in [1.807, 2.05) is 30.5 Å². The Balaban J connectivity index is 0.718. The molecule has 9 heterocycles. The molecule has 0 spiro atoms. The third-order valence-electron chi connectivity index (χ3n) is 16.3. The number of thiophene rings is 1. The minimum atomic E-state index is -5.07. The van der Waals surface area contributed by atoms with Gasteiger partial charge in [-0.15, -0.1) is 11.3 Å². The first-order valence-electron chi connectivity index (χ1n) is 26.7. The molecule has 1 aliphatic carbocycles. The number of carbonyl (C=O) groups excluding carboxylic acids is 5. The third kappa shape index (κ3) is 9.85. The van der Waals surface area contributed by atoms with E-state index in [0.29, 0.717) is 63.9 Å². The van der Waals surface area contributed by atoms with Crippen LogP contribution in [0.25, 0.3) is 11.1 Å². The number of anilines is 5. The van der Waals surface area contributed by atoms with Gasteiger partial charge in [-0.25, -0.2) is 19.5 Å². The summed E-state index contributed by atoms with van der Waals surface area (Å²) in [6, 6.07) is 12.1. The molecule has 410 valence electrons. The van der Waals surface area contributed by atoms with Gasteiger partial charge in [-0.2, -0.15) is 0 Å². The fourth-order valence-electron chi connectivity index (χ4n) is 12.6. The quantitative estimate of drug-likeness (QED) is 0.0714. The number of rotatable bonds is 13. The summed E-state index contributed by atoms with van der Waals surface area (Å²) >= 11 is 1.62. The van der Waals surface area contributed by atoms with E-state index < -0.39 is 49.8 Å². The summed E-state index contributed by atoms with van der Waals surface area (Å²) in [4.78, 5) is 113. The number of hydrogen-bond acceptors (Lipinski definition) is 17. The molecule has 5 amide bonds. The highest BCUT2D eigenvalue weighted by Gasteiger charge is 2.49. The standard InChI is InChI=1S/C55H63N10O11PS/c1-30-24-35(17-20-61(30)36-10-12-41-42(26-36)53(69)65(52(41)68)44-13-15-47(67)64(54(44)70)33(4)76-77(72,73)74)60-22-23-62(31(2)29-60)37-11-14-46(57-28-37)59-43-25-34(27-58-51(43)75-5)38-16-19-56-50(48(38)32(3)66)63-21-18-40-39-8-6-7-9-45(39)78-49(40)55(63)71/h10-12,14,16,19,25-28,30-33,35,44,66H,6-9,13,15,17-18,20-24,29H2,1-5H3,(H,57,59)(H2,72,73,74)/t30-,31+,32?,33?,35?,44+/m1/s1. The van der Waals surface area contributed by atoms with Crippen LogP contribution < -0.4 is 24.8 Å². The van der Waals surface area contributed by atoms with Crippen molar-refractivity contribution in [3.63, 3.8) is 0 Å². The second-order valence-corrected chi connectivity index (χ2v) is 23.4. The van der Waals surface area contributed by atoms with Crippen molar-refractivity contribution in [1.29, 1.82) is 0 Å². The van der Waals surface area contributed by atoms with Gasteiger partial charge in [0.05, 0.1) is 41.1 Å². The summed E-state index contributed by atoms with van der Waals surface area (Å²) in [5, 5.41) is 14.7. The SMILES string of the molecule is COc1ncc(-c2ccnc(N3CCc4c(sc5c4CCCC5)C3=O)c2C(C)O)cc1Nc1ccc(N2CCN(C3CCN(c4ccc5c(c4)C(=O)N([C@H]4CCC(=O)N(C(C)OP(=O)(O)O)C4=O)C5=O)[C@H](C)C3)C[C@@H]2C)cn1. The minimum absolute atomic E-state index is 0.0652. The van der Waals surface area contributed by atoms with Crippen LogP contribution in [0.2, 0.25) is 0 Å². The van der Waals surface area contributed by atoms with Gasteiger partial charge in [-0.05, 0) is 138 Å². The van der Waals surface area contributed by atoms with Crippen LogP contribution in [0, 0.1) is 0 Å². The van der Waals surface area contributed by atoms with E-state index in [4.69, 9.17) is 14.7 Å². The zero-order valence-corrected chi connectivity index (χ0v) is 45.8. The molecule has 5 aromatic rings. The van der Waals surface area contributed by atoms with E-state index >= 15 is 0 Å². The van der Waals surface area contributed by atoms with Crippen LogP contribution >= 0.6 is 19.2 Å². The van der Waals surface area contributed by atoms with Gasteiger partial charge in [-0.3, -0.25) is 48.1 Å². The summed E-state index contributed by atoms with van der Waals surface area (Å²) in [7, 11) is -3.51. The Morgan fingerprint density at radius 2 is 1.55 bits per heavy atom. The molecule has 23 heteroatoms. The number of hydrogen-bond donors (Lipinski definition) is 4. The number of carbonyl (C=O) groups is 5. The van der Waals surface area contributed by atoms with Crippen molar-refractivity contribution in [2.75, 3.05) is 59.9 Å². The Morgan fingerprint density at radius 1 is 0.782 bits per heavy atom. The number of piperidine rings is 2. The number of phosphoric acid groups is 1. The molecule has 6 atom stereocenters. The highest BCUT2D eigenvalue weighted by molar-refractivity contribution is 7.46. The average molecular weight is 1100 g/mol. The number of aliphatic hydroxyl groups excluding tert-OH is 1. The predicted molar refractivity (Wildman–Crippen MR) is 291 cm³/mol. The number of pyridine rings is 3. The van der Waals surface area contributed by atoms with Crippen LogP contribution in [-0.2, 0) is 37.9 Å². The monoisotopic (exact) mass is 1100 g/mol. The number of imide groups is 2. The summed E-state index contributed by atoms with van der Waals surface area (Å²) < 4.78 is 21.8. The number of methoxy groups -OCH3 is 1. The van der Waals surface area contributed by atoms with E-state index in [9.17, 15) is 43.4 Å². The topological polar surface area (TPSA) is 252 Å². The highest BCUT2D eigenvalue weighted by Crippen LogP contribution is 2.44. The Bertz CT molecular complexity index is 3280. The molecular formula is C55H63N10O11PS. The number of piperazine rings is 1. The molecule has 78 heavy (non-hydrogen) atoms. The van der Waals surface area contributed by atoms with Gasteiger partial charge < -0.3 is 34.7 Å². The van der Waals surface area contributed by atoms with Crippen LogP contribution in [0.1, 0.15) is 124 Å².